The van der Waals surface area contributed by atoms with Crippen LogP contribution in [0, 0.1) is 0 Å². The molecular weight excluding hydrogens is 242 g/mol. The Labute approximate surface area is 110 Å². The van der Waals surface area contributed by atoms with Crippen LogP contribution in [0.15, 0.2) is 35.7 Å². The molecule has 18 heavy (non-hydrogen) atoms. The van der Waals surface area contributed by atoms with Crippen LogP contribution in [0.3, 0.4) is 0 Å². The summed E-state index contributed by atoms with van der Waals surface area (Å²) < 4.78 is 0. The first-order valence-electron chi connectivity index (χ1n) is 6.08. The average Bonchev–Trinajstić information content (AvgIpc) is 2.98. The van der Waals surface area contributed by atoms with E-state index in [2.05, 4.69) is 27.5 Å². The molecule has 0 aliphatic heterocycles. The number of aromatic amines is 1. The number of nitrogens with one attached hydrogen (secondary N) is 1. The predicted octanol–water partition coefficient (Wildman–Crippen LogP) is 3.38. The first kappa shape index (κ1) is 11.3. The fraction of sp³-hybridized carbons (Fsp3) is 0.214. The number of fused-ring (bicyclic) bond motifs is 1. The molecule has 3 nitrogen and oxygen atoms in total. The topological polar surface area (TPSA) is 54.7 Å². The smallest absolute Gasteiger partial charge is 0.111 e. The van der Waals surface area contributed by atoms with Crippen LogP contribution < -0.4 is 5.73 Å². The summed E-state index contributed by atoms with van der Waals surface area (Å²) in [5.74, 6) is 1.03. The first-order chi connectivity index (χ1) is 8.83. The lowest BCUT2D eigenvalue weighted by Crippen LogP contribution is -1.90. The number of aromatic nitrogens is 2. The minimum absolute atomic E-state index is 0.744. The van der Waals surface area contributed by atoms with Gasteiger partial charge in [0.2, 0.25) is 0 Å². The largest absolute Gasteiger partial charge is 0.397 e. The van der Waals surface area contributed by atoms with Gasteiger partial charge in [0.25, 0.3) is 0 Å². The molecule has 3 rings (SSSR count). The van der Waals surface area contributed by atoms with E-state index in [1.165, 1.54) is 4.88 Å². The number of hydrogen-bond donors (Lipinski definition) is 2. The zero-order valence-corrected chi connectivity index (χ0v) is 10.8. The van der Waals surface area contributed by atoms with Crippen LogP contribution in [0.2, 0.25) is 0 Å². The highest BCUT2D eigenvalue weighted by Gasteiger charge is 2.05. The molecule has 0 fully saturated rings. The summed E-state index contributed by atoms with van der Waals surface area (Å²) in [5.41, 5.74) is 8.56. The number of benzene rings is 1. The standard InChI is InChI=1S/C14H15N3S/c15-11-6-2-7-12-14(11)17-13(16-12)8-1-4-10-5-3-9-18-10/h2-3,5-7,9H,1,4,8,15H2,(H,16,17). The number of H-pyrrole nitrogens is 1. The quantitative estimate of drug-likeness (QED) is 0.704. The van der Waals surface area contributed by atoms with Crippen LogP contribution in [0.4, 0.5) is 5.69 Å². The van der Waals surface area contributed by atoms with Gasteiger partial charge in [0.1, 0.15) is 11.3 Å². The third-order valence-corrected chi connectivity index (χ3v) is 3.95. The average molecular weight is 257 g/mol. The second kappa shape index (κ2) is 4.82. The Bertz CT molecular complexity index is 640. The Kier molecular flexibility index (Phi) is 3.02. The number of nitrogen functional groups attached to an aromatic ring is 1. The Balaban J connectivity index is 1.69. The van der Waals surface area contributed by atoms with Gasteiger partial charge in [-0.25, -0.2) is 4.98 Å². The molecule has 0 saturated carbocycles. The predicted molar refractivity (Wildman–Crippen MR) is 76.9 cm³/mol. The van der Waals surface area contributed by atoms with E-state index in [-0.39, 0.29) is 0 Å². The highest BCUT2D eigenvalue weighted by Crippen LogP contribution is 2.19. The molecule has 3 aromatic rings. The molecule has 2 aromatic heterocycles. The van der Waals surface area contributed by atoms with E-state index < -0.39 is 0 Å². The summed E-state index contributed by atoms with van der Waals surface area (Å²) in [6.45, 7) is 0. The Morgan fingerprint density at radius 1 is 1.17 bits per heavy atom. The Hall–Kier alpha value is -1.81. The van der Waals surface area contributed by atoms with E-state index >= 15 is 0 Å². The second-order valence-electron chi connectivity index (χ2n) is 4.36. The maximum Gasteiger partial charge on any atom is 0.111 e. The van der Waals surface area contributed by atoms with Crippen molar-refractivity contribution in [1.82, 2.24) is 9.97 Å². The molecule has 0 aliphatic rings. The zero-order chi connectivity index (χ0) is 12.4. The summed E-state index contributed by atoms with van der Waals surface area (Å²) in [4.78, 5) is 9.32. The van der Waals surface area contributed by atoms with Gasteiger partial charge < -0.3 is 10.7 Å². The number of hydrogen-bond acceptors (Lipinski definition) is 3. The van der Waals surface area contributed by atoms with Crippen molar-refractivity contribution in [2.45, 2.75) is 19.3 Å². The van der Waals surface area contributed by atoms with E-state index in [4.69, 9.17) is 5.73 Å². The number of imidazole rings is 1. The van der Waals surface area contributed by atoms with Crippen molar-refractivity contribution in [1.29, 1.82) is 0 Å². The zero-order valence-electron chi connectivity index (χ0n) is 10.0. The minimum Gasteiger partial charge on any atom is -0.397 e. The van der Waals surface area contributed by atoms with E-state index in [1.54, 1.807) is 0 Å². The fourth-order valence-electron chi connectivity index (χ4n) is 2.11. The molecule has 2 heterocycles. The van der Waals surface area contributed by atoms with Gasteiger partial charge >= 0.3 is 0 Å². The molecule has 4 heteroatoms. The number of nitrogens with two attached hydrogens (primary N) is 1. The molecule has 0 bridgehead atoms. The van der Waals surface area contributed by atoms with Gasteiger partial charge in [-0.3, -0.25) is 0 Å². The van der Waals surface area contributed by atoms with E-state index in [0.717, 1.165) is 41.8 Å². The summed E-state index contributed by atoms with van der Waals surface area (Å²) in [6.07, 6.45) is 3.19. The lowest BCUT2D eigenvalue weighted by Gasteiger charge is -1.95. The summed E-state index contributed by atoms with van der Waals surface area (Å²) in [6, 6.07) is 10.1. The molecule has 0 unspecified atom stereocenters. The van der Waals surface area contributed by atoms with Crippen molar-refractivity contribution in [3.05, 3.63) is 46.4 Å². The molecule has 0 aliphatic carbocycles. The molecule has 0 amide bonds. The van der Waals surface area contributed by atoms with Crippen LogP contribution in [0.25, 0.3) is 11.0 Å². The van der Waals surface area contributed by atoms with Crippen LogP contribution in [-0.4, -0.2) is 9.97 Å². The molecule has 1 aromatic carbocycles. The number of thiophene rings is 1. The number of anilines is 1. The van der Waals surface area contributed by atoms with Crippen molar-refractivity contribution in [3.63, 3.8) is 0 Å². The third-order valence-electron chi connectivity index (χ3n) is 3.01. The van der Waals surface area contributed by atoms with Gasteiger partial charge in [0.15, 0.2) is 0 Å². The molecular formula is C14H15N3S. The van der Waals surface area contributed by atoms with E-state index in [9.17, 15) is 0 Å². The number of nitrogens with zero attached hydrogens (tertiary/aromatic N) is 1. The molecule has 0 atom stereocenters. The lowest BCUT2D eigenvalue weighted by molar-refractivity contribution is 0.793. The fourth-order valence-corrected chi connectivity index (χ4v) is 2.86. The SMILES string of the molecule is Nc1cccc2[nH]c(CCCc3cccs3)nc12. The van der Waals surface area contributed by atoms with Gasteiger partial charge in [0, 0.05) is 11.3 Å². The Morgan fingerprint density at radius 3 is 2.89 bits per heavy atom. The van der Waals surface area contributed by atoms with Crippen molar-refractivity contribution in [2.75, 3.05) is 5.73 Å². The number of aryl methyl sites for hydroxylation is 2. The maximum absolute atomic E-state index is 5.89. The van der Waals surface area contributed by atoms with Gasteiger partial charge in [-0.15, -0.1) is 11.3 Å². The third kappa shape index (κ3) is 2.24. The lowest BCUT2D eigenvalue weighted by atomic mass is 10.2. The normalized spacial score (nSPS) is 11.1. The van der Waals surface area contributed by atoms with Crippen molar-refractivity contribution < 1.29 is 0 Å². The van der Waals surface area contributed by atoms with Gasteiger partial charge in [-0.05, 0) is 36.4 Å². The van der Waals surface area contributed by atoms with Crippen LogP contribution in [0.5, 0.6) is 0 Å². The monoisotopic (exact) mass is 257 g/mol. The second-order valence-corrected chi connectivity index (χ2v) is 5.39. The van der Waals surface area contributed by atoms with Crippen molar-refractivity contribution >= 4 is 28.1 Å². The number of para-hydroxylation sites is 1. The van der Waals surface area contributed by atoms with Crippen molar-refractivity contribution in [2.24, 2.45) is 0 Å². The Morgan fingerprint density at radius 2 is 2.11 bits per heavy atom. The maximum atomic E-state index is 5.89. The highest BCUT2D eigenvalue weighted by molar-refractivity contribution is 7.09. The summed E-state index contributed by atoms with van der Waals surface area (Å²) >= 11 is 1.81. The molecule has 0 saturated heterocycles. The molecule has 0 radical (unpaired) electrons. The number of rotatable bonds is 4. The van der Waals surface area contributed by atoms with Crippen LogP contribution >= 0.6 is 11.3 Å². The van der Waals surface area contributed by atoms with Gasteiger partial charge in [0.05, 0.1) is 11.2 Å². The summed E-state index contributed by atoms with van der Waals surface area (Å²) in [5, 5.41) is 2.12. The van der Waals surface area contributed by atoms with Crippen molar-refractivity contribution in [3.8, 4) is 0 Å². The molecule has 92 valence electrons. The van der Waals surface area contributed by atoms with E-state index in [0.29, 0.717) is 0 Å². The molecule has 3 N–H and O–H groups in total. The molecule has 0 spiro atoms. The highest BCUT2D eigenvalue weighted by atomic mass is 32.1. The van der Waals surface area contributed by atoms with Crippen LogP contribution in [-0.2, 0) is 12.8 Å². The van der Waals surface area contributed by atoms with Gasteiger partial charge in [-0.1, -0.05) is 12.1 Å². The minimum atomic E-state index is 0.744. The van der Waals surface area contributed by atoms with Crippen LogP contribution in [0.1, 0.15) is 17.1 Å². The van der Waals surface area contributed by atoms with E-state index in [1.807, 2.05) is 29.5 Å². The first-order valence-corrected chi connectivity index (χ1v) is 6.96. The summed E-state index contributed by atoms with van der Waals surface area (Å²) in [7, 11) is 0. The van der Waals surface area contributed by atoms with Gasteiger partial charge in [-0.2, -0.15) is 0 Å².